The highest BCUT2D eigenvalue weighted by Gasteiger charge is 2.12. The van der Waals surface area contributed by atoms with Crippen LogP contribution in [0, 0.1) is 21.4 Å². The number of aromatic nitrogens is 1. The van der Waals surface area contributed by atoms with Gasteiger partial charge in [-0.1, -0.05) is 17.7 Å². The van der Waals surface area contributed by atoms with Crippen LogP contribution in [0.4, 0.5) is 17.1 Å². The maximum absolute atomic E-state index is 12.1. The summed E-state index contributed by atoms with van der Waals surface area (Å²) in [5.41, 5.74) is 0.224. The Morgan fingerprint density at radius 2 is 2.17 bits per heavy atom. The molecule has 8 nitrogen and oxygen atoms in total. The van der Waals surface area contributed by atoms with Crippen molar-refractivity contribution in [1.29, 1.82) is 5.26 Å². The number of nitro benzene ring substituents is 1. The molecule has 1 heterocycles. The molecule has 2 rings (SSSR count). The molecule has 1 amide bonds. The van der Waals surface area contributed by atoms with Gasteiger partial charge in [0.25, 0.3) is 11.6 Å². The third-order valence-corrected chi connectivity index (χ3v) is 3.11. The predicted molar refractivity (Wildman–Crippen MR) is 88.3 cm³/mol. The SMILES string of the molecule is N#C/C(=C/Nc1cccnc1Cl)C(=O)Nc1cccc([N+](=O)[O-])c1. The molecule has 2 aromatic rings. The van der Waals surface area contributed by atoms with E-state index >= 15 is 0 Å². The van der Waals surface area contributed by atoms with E-state index in [1.807, 2.05) is 0 Å². The first kappa shape index (κ1) is 16.9. The number of halogens is 1. The summed E-state index contributed by atoms with van der Waals surface area (Å²) >= 11 is 5.86. The molecule has 0 unspecified atom stereocenters. The van der Waals surface area contributed by atoms with Crippen molar-refractivity contribution in [3.05, 3.63) is 69.6 Å². The lowest BCUT2D eigenvalue weighted by Gasteiger charge is -2.05. The third kappa shape index (κ3) is 4.28. The van der Waals surface area contributed by atoms with E-state index in [0.29, 0.717) is 5.69 Å². The van der Waals surface area contributed by atoms with Crippen molar-refractivity contribution < 1.29 is 9.72 Å². The number of carbonyl (C=O) groups is 1. The first-order valence-electron chi connectivity index (χ1n) is 6.54. The molecule has 0 aliphatic heterocycles. The van der Waals surface area contributed by atoms with E-state index in [2.05, 4.69) is 15.6 Å². The highest BCUT2D eigenvalue weighted by molar-refractivity contribution is 6.32. The first-order chi connectivity index (χ1) is 11.5. The molecule has 24 heavy (non-hydrogen) atoms. The summed E-state index contributed by atoms with van der Waals surface area (Å²) < 4.78 is 0. The lowest BCUT2D eigenvalue weighted by atomic mass is 10.2. The molecule has 0 bridgehead atoms. The minimum atomic E-state index is -0.717. The number of carbonyl (C=O) groups excluding carboxylic acids is 1. The van der Waals surface area contributed by atoms with Crippen molar-refractivity contribution in [2.45, 2.75) is 0 Å². The number of rotatable bonds is 5. The zero-order valence-electron chi connectivity index (χ0n) is 12.1. The standard InChI is InChI=1S/C15H10ClN5O3/c16-14-13(5-2-6-18-14)19-9-10(8-17)15(22)20-11-3-1-4-12(7-11)21(23)24/h1-7,9,19H,(H,20,22)/b10-9-. The largest absolute Gasteiger partial charge is 0.358 e. The summed E-state index contributed by atoms with van der Waals surface area (Å²) in [6, 6.07) is 10.4. The Morgan fingerprint density at radius 3 is 2.83 bits per heavy atom. The van der Waals surface area contributed by atoms with Crippen molar-refractivity contribution >= 4 is 34.6 Å². The van der Waals surface area contributed by atoms with Crippen LogP contribution in [0.3, 0.4) is 0 Å². The molecule has 0 aliphatic rings. The molecule has 0 saturated carbocycles. The second kappa shape index (κ2) is 7.71. The summed E-state index contributed by atoms with van der Waals surface area (Å²) in [5.74, 6) is -0.717. The Hall–Kier alpha value is -3.44. The topological polar surface area (TPSA) is 121 Å². The zero-order chi connectivity index (χ0) is 17.5. The normalized spacial score (nSPS) is 10.6. The van der Waals surface area contributed by atoms with Gasteiger partial charge in [-0.3, -0.25) is 14.9 Å². The van der Waals surface area contributed by atoms with Crippen molar-refractivity contribution in [2.75, 3.05) is 10.6 Å². The quantitative estimate of drug-likeness (QED) is 0.283. The van der Waals surface area contributed by atoms with E-state index in [-0.39, 0.29) is 22.1 Å². The second-order valence-electron chi connectivity index (χ2n) is 4.42. The molecule has 0 radical (unpaired) electrons. The maximum Gasteiger partial charge on any atom is 0.271 e. The molecule has 120 valence electrons. The molecular formula is C15H10ClN5O3. The highest BCUT2D eigenvalue weighted by Crippen LogP contribution is 2.19. The van der Waals surface area contributed by atoms with Gasteiger partial charge < -0.3 is 10.6 Å². The average Bonchev–Trinajstić information content (AvgIpc) is 2.57. The van der Waals surface area contributed by atoms with Gasteiger partial charge in [0.2, 0.25) is 0 Å². The van der Waals surface area contributed by atoms with Gasteiger partial charge in [-0.2, -0.15) is 5.26 Å². The van der Waals surface area contributed by atoms with Gasteiger partial charge >= 0.3 is 0 Å². The van der Waals surface area contributed by atoms with Crippen LogP contribution >= 0.6 is 11.6 Å². The Morgan fingerprint density at radius 1 is 1.38 bits per heavy atom. The van der Waals surface area contributed by atoms with Crippen LogP contribution in [0.2, 0.25) is 5.15 Å². The van der Waals surface area contributed by atoms with Gasteiger partial charge in [-0.15, -0.1) is 0 Å². The number of pyridine rings is 1. The fourth-order valence-electron chi connectivity index (χ4n) is 1.69. The van der Waals surface area contributed by atoms with Crippen LogP contribution in [0.25, 0.3) is 0 Å². The molecule has 0 saturated heterocycles. The Bertz CT molecular complexity index is 860. The number of nitrogens with zero attached hydrogens (tertiary/aromatic N) is 3. The van der Waals surface area contributed by atoms with Gasteiger partial charge in [-0.05, 0) is 18.2 Å². The summed E-state index contributed by atoms with van der Waals surface area (Å²) in [5, 5.41) is 25.1. The Balaban J connectivity index is 2.13. The van der Waals surface area contributed by atoms with Crippen LogP contribution in [0.5, 0.6) is 0 Å². The number of amides is 1. The van der Waals surface area contributed by atoms with Gasteiger partial charge in [0.05, 0.1) is 10.6 Å². The lowest BCUT2D eigenvalue weighted by Crippen LogP contribution is -2.14. The number of nitriles is 1. The van der Waals surface area contributed by atoms with Crippen LogP contribution in [-0.4, -0.2) is 15.8 Å². The summed E-state index contributed by atoms with van der Waals surface area (Å²) in [7, 11) is 0. The van der Waals surface area contributed by atoms with E-state index in [1.54, 1.807) is 18.2 Å². The van der Waals surface area contributed by atoms with Gasteiger partial charge in [0, 0.05) is 30.2 Å². The predicted octanol–water partition coefficient (Wildman–Crippen LogP) is 3.10. The number of nitrogens with one attached hydrogen (secondary N) is 2. The van der Waals surface area contributed by atoms with Gasteiger partial charge in [0.15, 0.2) is 5.15 Å². The van der Waals surface area contributed by atoms with E-state index in [4.69, 9.17) is 16.9 Å². The fourth-order valence-corrected chi connectivity index (χ4v) is 1.86. The molecule has 0 atom stereocenters. The fraction of sp³-hybridized carbons (Fsp3) is 0. The van der Waals surface area contributed by atoms with E-state index in [0.717, 1.165) is 0 Å². The molecular weight excluding hydrogens is 334 g/mol. The van der Waals surface area contributed by atoms with E-state index in [9.17, 15) is 14.9 Å². The number of non-ortho nitro benzene ring substituents is 1. The lowest BCUT2D eigenvalue weighted by molar-refractivity contribution is -0.384. The van der Waals surface area contributed by atoms with Crippen LogP contribution < -0.4 is 10.6 Å². The molecule has 0 aliphatic carbocycles. The number of benzene rings is 1. The minimum absolute atomic E-state index is 0.171. The van der Waals surface area contributed by atoms with E-state index < -0.39 is 10.8 Å². The van der Waals surface area contributed by atoms with Crippen molar-refractivity contribution in [3.8, 4) is 6.07 Å². The van der Waals surface area contributed by atoms with Crippen molar-refractivity contribution in [2.24, 2.45) is 0 Å². The smallest absolute Gasteiger partial charge is 0.271 e. The number of anilines is 2. The third-order valence-electron chi connectivity index (χ3n) is 2.81. The Kier molecular flexibility index (Phi) is 5.44. The number of hydrogen-bond acceptors (Lipinski definition) is 6. The Labute approximate surface area is 141 Å². The molecule has 9 heteroatoms. The minimum Gasteiger partial charge on any atom is -0.358 e. The molecule has 1 aromatic heterocycles. The molecule has 2 N–H and O–H groups in total. The molecule has 1 aromatic carbocycles. The van der Waals surface area contributed by atoms with Crippen molar-refractivity contribution in [1.82, 2.24) is 4.98 Å². The molecule has 0 fully saturated rings. The van der Waals surface area contributed by atoms with Crippen LogP contribution in [0.1, 0.15) is 0 Å². The molecule has 0 spiro atoms. The van der Waals surface area contributed by atoms with Gasteiger partial charge in [-0.25, -0.2) is 4.98 Å². The monoisotopic (exact) mass is 343 g/mol. The second-order valence-corrected chi connectivity index (χ2v) is 4.78. The highest BCUT2D eigenvalue weighted by atomic mass is 35.5. The number of nitro groups is 1. The zero-order valence-corrected chi connectivity index (χ0v) is 12.8. The van der Waals surface area contributed by atoms with Crippen LogP contribution in [-0.2, 0) is 4.79 Å². The average molecular weight is 344 g/mol. The summed E-state index contributed by atoms with van der Waals surface area (Å²) in [4.78, 5) is 26.1. The first-order valence-corrected chi connectivity index (χ1v) is 6.92. The summed E-state index contributed by atoms with van der Waals surface area (Å²) in [6.07, 6.45) is 2.67. The number of hydrogen-bond donors (Lipinski definition) is 2. The van der Waals surface area contributed by atoms with Crippen LogP contribution in [0.15, 0.2) is 54.4 Å². The maximum atomic E-state index is 12.1. The van der Waals surface area contributed by atoms with Gasteiger partial charge in [0.1, 0.15) is 11.6 Å². The summed E-state index contributed by atoms with van der Waals surface area (Å²) in [6.45, 7) is 0. The van der Waals surface area contributed by atoms with Crippen molar-refractivity contribution in [3.63, 3.8) is 0 Å². The van der Waals surface area contributed by atoms with E-state index in [1.165, 1.54) is 36.7 Å².